The van der Waals surface area contributed by atoms with Crippen molar-refractivity contribution in [3.8, 4) is 0 Å². The summed E-state index contributed by atoms with van der Waals surface area (Å²) < 4.78 is 0. The van der Waals surface area contributed by atoms with Crippen molar-refractivity contribution in [1.82, 2.24) is 20.9 Å². The van der Waals surface area contributed by atoms with Crippen LogP contribution in [-0.4, -0.2) is 82.1 Å². The average Bonchev–Trinajstić information content (AvgIpc) is 3.01. The van der Waals surface area contributed by atoms with Gasteiger partial charge in [-0.2, -0.15) is 0 Å². The molecule has 0 saturated carbocycles. The number of benzene rings is 2. The van der Waals surface area contributed by atoms with E-state index >= 15 is 0 Å². The first-order chi connectivity index (χ1) is 21.4. The summed E-state index contributed by atoms with van der Waals surface area (Å²) in [5.74, 6) is -5.85. The third kappa shape index (κ3) is 9.88. The molecule has 45 heavy (non-hydrogen) atoms. The van der Waals surface area contributed by atoms with E-state index in [-0.39, 0.29) is 32.2 Å². The Morgan fingerprint density at radius 2 is 1.64 bits per heavy atom. The monoisotopic (exact) mass is 622 g/mol. The molecule has 0 bridgehead atoms. The first-order valence-electron chi connectivity index (χ1n) is 14.5. The van der Waals surface area contributed by atoms with E-state index in [1.165, 1.54) is 4.90 Å². The van der Waals surface area contributed by atoms with Crippen molar-refractivity contribution in [2.24, 2.45) is 11.5 Å². The molecule has 1 aliphatic rings. The van der Waals surface area contributed by atoms with E-state index in [9.17, 15) is 38.7 Å². The van der Waals surface area contributed by atoms with Crippen molar-refractivity contribution in [2.75, 3.05) is 6.54 Å². The molecule has 3 rings (SSSR count). The maximum absolute atomic E-state index is 13.7. The summed E-state index contributed by atoms with van der Waals surface area (Å²) in [5, 5.41) is 18.7. The van der Waals surface area contributed by atoms with Crippen molar-refractivity contribution >= 4 is 52.2 Å². The summed E-state index contributed by atoms with van der Waals surface area (Å²) in [6, 6.07) is 8.09. The molecule has 0 radical (unpaired) electrons. The van der Waals surface area contributed by atoms with Crippen LogP contribution in [-0.2, 0) is 40.0 Å². The molecule has 0 aliphatic carbocycles. The van der Waals surface area contributed by atoms with Gasteiger partial charge >= 0.3 is 5.97 Å². The summed E-state index contributed by atoms with van der Waals surface area (Å²) in [6.45, 7) is 3.44. The normalized spacial score (nSPS) is 16.4. The maximum Gasteiger partial charge on any atom is 0.305 e. The topological polar surface area (TPSA) is 231 Å². The molecule has 0 spiro atoms. The van der Waals surface area contributed by atoms with Gasteiger partial charge in [0.05, 0.1) is 6.42 Å². The number of nitrogens with zero attached hydrogens (tertiary/aromatic N) is 1. The molecule has 0 aromatic heterocycles. The molecule has 240 valence electrons. The molecule has 14 heteroatoms. The summed E-state index contributed by atoms with van der Waals surface area (Å²) in [6.07, 6.45) is 1.17. The number of nitrogens with one attached hydrogen (secondary N) is 3. The Morgan fingerprint density at radius 3 is 2.29 bits per heavy atom. The van der Waals surface area contributed by atoms with Crippen LogP contribution in [0.4, 0.5) is 0 Å². The number of aliphatic carboxylic acids is 1. The Kier molecular flexibility index (Phi) is 12.2. The summed E-state index contributed by atoms with van der Waals surface area (Å²) in [4.78, 5) is 88.6. The fourth-order valence-corrected chi connectivity index (χ4v) is 5.20. The highest BCUT2D eigenvalue weighted by Gasteiger charge is 2.38. The minimum absolute atomic E-state index is 0.00140. The zero-order chi connectivity index (χ0) is 33.1. The Morgan fingerprint density at radius 1 is 0.933 bits per heavy atom. The number of carboxylic acids is 1. The second-order valence-corrected chi connectivity index (χ2v) is 10.8. The molecule has 6 amide bonds. The number of fused-ring (bicyclic) bond motifs is 1. The number of hydrogen-bond acceptors (Lipinski definition) is 7. The zero-order valence-electron chi connectivity index (χ0n) is 24.7. The van der Waals surface area contributed by atoms with Gasteiger partial charge < -0.3 is 37.4 Å². The van der Waals surface area contributed by atoms with Crippen molar-refractivity contribution < 1.29 is 38.7 Å². The fourth-order valence-electron chi connectivity index (χ4n) is 5.20. The van der Waals surface area contributed by atoms with E-state index in [0.29, 0.717) is 18.4 Å². The predicted molar refractivity (Wildman–Crippen MR) is 163 cm³/mol. The second-order valence-electron chi connectivity index (χ2n) is 10.8. The van der Waals surface area contributed by atoms with Gasteiger partial charge in [0.25, 0.3) is 0 Å². The molecule has 4 atom stereocenters. The maximum atomic E-state index is 13.7. The van der Waals surface area contributed by atoms with Crippen molar-refractivity contribution in [3.05, 3.63) is 60.7 Å². The number of primary amides is 2. The van der Waals surface area contributed by atoms with Gasteiger partial charge in [0.1, 0.15) is 24.2 Å². The summed E-state index contributed by atoms with van der Waals surface area (Å²) in [7, 11) is 0. The highest BCUT2D eigenvalue weighted by molar-refractivity contribution is 5.98. The fraction of sp³-hybridized carbons (Fsp3) is 0.387. The molecular formula is C31H38N6O8. The predicted octanol–water partition coefficient (Wildman–Crippen LogP) is -0.371. The Bertz CT molecular complexity index is 1480. The molecule has 8 N–H and O–H groups in total. The number of carbonyl (C=O) groups is 7. The average molecular weight is 623 g/mol. The number of rotatable bonds is 15. The standard InChI is InChI=1S/C31H38N6O8/c1-2-26(39)34-23(17-27(40)41)31(45)37-14-6-5-9-24(37)30(44)36-22(29(43)35-21(28(33)42)12-13-25(32)38)16-18-10-11-19-7-3-4-8-20(19)15-18/h2-4,7-8,10-11,15,21-24H,1,5-6,9,12-14,16-17H2,(H2,32,38)(H2,33,42)(H,34,39)(H,35,43)(H,36,44)(H,40,41)/t21?,22?,23?,24-/m0/s1. The van der Waals surface area contributed by atoms with Gasteiger partial charge in [0.2, 0.25) is 35.4 Å². The van der Waals surface area contributed by atoms with Gasteiger partial charge in [0.15, 0.2) is 0 Å². The van der Waals surface area contributed by atoms with Crippen molar-refractivity contribution in [2.45, 2.75) is 69.1 Å². The Balaban J connectivity index is 1.88. The lowest BCUT2D eigenvalue weighted by Gasteiger charge is -2.37. The number of nitrogens with two attached hydrogens (primary N) is 2. The first kappa shape index (κ1) is 34.2. The van der Waals surface area contributed by atoms with Crippen LogP contribution in [0.25, 0.3) is 10.8 Å². The number of amides is 6. The molecule has 2 aromatic carbocycles. The van der Waals surface area contributed by atoms with Crippen LogP contribution in [0.2, 0.25) is 0 Å². The van der Waals surface area contributed by atoms with E-state index in [2.05, 4.69) is 22.5 Å². The van der Waals surface area contributed by atoms with Gasteiger partial charge in [-0.25, -0.2) is 0 Å². The number of piperidine rings is 1. The Labute approximate surface area is 259 Å². The number of hydrogen-bond donors (Lipinski definition) is 6. The lowest BCUT2D eigenvalue weighted by Crippen LogP contribution is -2.60. The highest BCUT2D eigenvalue weighted by Crippen LogP contribution is 2.21. The quantitative estimate of drug-likeness (QED) is 0.143. The zero-order valence-corrected chi connectivity index (χ0v) is 24.7. The molecule has 1 aliphatic heterocycles. The van der Waals surface area contributed by atoms with Crippen LogP contribution in [0.15, 0.2) is 55.1 Å². The van der Waals surface area contributed by atoms with Crippen LogP contribution >= 0.6 is 0 Å². The lowest BCUT2D eigenvalue weighted by molar-refractivity contribution is -0.148. The van der Waals surface area contributed by atoms with E-state index in [1.54, 1.807) is 6.07 Å². The molecule has 1 fully saturated rings. The van der Waals surface area contributed by atoms with Crippen LogP contribution in [0.3, 0.4) is 0 Å². The number of carboxylic acid groups (broad SMARTS) is 1. The third-order valence-electron chi connectivity index (χ3n) is 7.49. The summed E-state index contributed by atoms with van der Waals surface area (Å²) >= 11 is 0. The molecule has 3 unspecified atom stereocenters. The SMILES string of the molecule is C=CC(=O)NC(CC(=O)O)C(=O)N1CCCC[C@H]1C(=O)NC(Cc1ccc2ccccc2c1)C(=O)NC(CCC(N)=O)C(N)=O. The van der Waals surface area contributed by atoms with E-state index < -0.39 is 72.0 Å². The third-order valence-corrected chi connectivity index (χ3v) is 7.49. The van der Waals surface area contributed by atoms with Gasteiger partial charge in [-0.05, 0) is 48.1 Å². The van der Waals surface area contributed by atoms with Crippen molar-refractivity contribution in [3.63, 3.8) is 0 Å². The summed E-state index contributed by atoms with van der Waals surface area (Å²) in [5.41, 5.74) is 11.3. The first-order valence-corrected chi connectivity index (χ1v) is 14.5. The van der Waals surface area contributed by atoms with Crippen LogP contribution in [0.5, 0.6) is 0 Å². The largest absolute Gasteiger partial charge is 0.481 e. The minimum atomic E-state index is -1.44. The Hall–Kier alpha value is -5.27. The van der Waals surface area contributed by atoms with Gasteiger partial charge in [0, 0.05) is 19.4 Å². The molecule has 1 saturated heterocycles. The number of carbonyl (C=O) groups excluding carboxylic acids is 6. The van der Waals surface area contributed by atoms with E-state index in [0.717, 1.165) is 16.8 Å². The highest BCUT2D eigenvalue weighted by atomic mass is 16.4. The second kappa shape index (κ2) is 16.0. The lowest BCUT2D eigenvalue weighted by atomic mass is 9.97. The van der Waals surface area contributed by atoms with Crippen LogP contribution in [0, 0.1) is 0 Å². The van der Waals surface area contributed by atoms with Gasteiger partial charge in [-0.3, -0.25) is 33.6 Å². The van der Waals surface area contributed by atoms with Gasteiger partial charge in [-0.15, -0.1) is 0 Å². The molecular weight excluding hydrogens is 584 g/mol. The molecule has 14 nitrogen and oxygen atoms in total. The van der Waals surface area contributed by atoms with E-state index in [4.69, 9.17) is 11.5 Å². The van der Waals surface area contributed by atoms with Gasteiger partial charge in [-0.1, -0.05) is 49.0 Å². The minimum Gasteiger partial charge on any atom is -0.481 e. The van der Waals surface area contributed by atoms with Crippen molar-refractivity contribution in [1.29, 1.82) is 0 Å². The molecule has 1 heterocycles. The smallest absolute Gasteiger partial charge is 0.305 e. The van der Waals surface area contributed by atoms with Crippen LogP contribution in [0.1, 0.15) is 44.1 Å². The van der Waals surface area contributed by atoms with Crippen LogP contribution < -0.4 is 27.4 Å². The van der Waals surface area contributed by atoms with E-state index in [1.807, 2.05) is 36.4 Å². The molecule has 2 aromatic rings. The number of likely N-dealkylation sites (tertiary alicyclic amines) is 1.